The van der Waals surface area contributed by atoms with Crippen LogP contribution in [0, 0.1) is 11.3 Å². The zero-order valence-electron chi connectivity index (χ0n) is 11.1. The summed E-state index contributed by atoms with van der Waals surface area (Å²) in [5.74, 6) is 0.554. The van der Waals surface area contributed by atoms with Crippen LogP contribution in [0.2, 0.25) is 0 Å². The Morgan fingerprint density at radius 3 is 2.38 bits per heavy atom. The van der Waals surface area contributed by atoms with Gasteiger partial charge in [0.1, 0.15) is 0 Å². The van der Waals surface area contributed by atoms with Crippen molar-refractivity contribution in [3.8, 4) is 0 Å². The second kappa shape index (κ2) is 6.58. The van der Waals surface area contributed by atoms with Crippen LogP contribution in [0.25, 0.3) is 0 Å². The summed E-state index contributed by atoms with van der Waals surface area (Å²) in [6.07, 6.45) is 2.32. The molecule has 1 fully saturated rings. The van der Waals surface area contributed by atoms with Gasteiger partial charge in [-0.3, -0.25) is 0 Å². The van der Waals surface area contributed by atoms with Gasteiger partial charge in [-0.25, -0.2) is 0 Å². The molecule has 0 amide bonds. The highest BCUT2D eigenvalue weighted by Gasteiger charge is 2.17. The first kappa shape index (κ1) is 13.9. The summed E-state index contributed by atoms with van der Waals surface area (Å²) < 4.78 is 0. The van der Waals surface area contributed by atoms with E-state index < -0.39 is 0 Å². The standard InChI is InChI=1S/C13H28N2O/c1-13(2,3)11-14-6-9-15-7-4-12(10-16)5-8-15/h12,14,16H,4-11H2,1-3H3. The van der Waals surface area contributed by atoms with Crippen LogP contribution in [0.4, 0.5) is 0 Å². The van der Waals surface area contributed by atoms with Crippen molar-refractivity contribution in [3.63, 3.8) is 0 Å². The Morgan fingerprint density at radius 1 is 1.25 bits per heavy atom. The third-order valence-electron chi connectivity index (χ3n) is 3.23. The molecule has 0 aliphatic carbocycles. The minimum atomic E-state index is 0.371. The van der Waals surface area contributed by atoms with E-state index in [-0.39, 0.29) is 0 Å². The van der Waals surface area contributed by atoms with E-state index in [1.807, 2.05) is 0 Å². The lowest BCUT2D eigenvalue weighted by atomic mass is 9.97. The second-order valence-corrected chi connectivity index (χ2v) is 6.21. The summed E-state index contributed by atoms with van der Waals surface area (Å²) in [5.41, 5.74) is 0.379. The maximum atomic E-state index is 9.05. The van der Waals surface area contributed by atoms with Crippen molar-refractivity contribution in [2.75, 3.05) is 39.3 Å². The highest BCUT2D eigenvalue weighted by atomic mass is 16.3. The quantitative estimate of drug-likeness (QED) is 0.697. The number of aliphatic hydroxyl groups excluding tert-OH is 1. The molecule has 1 saturated heterocycles. The molecule has 1 heterocycles. The number of hydrogen-bond acceptors (Lipinski definition) is 3. The normalized spacial score (nSPS) is 20.2. The third kappa shape index (κ3) is 5.83. The Kier molecular flexibility index (Phi) is 5.73. The molecule has 0 radical (unpaired) electrons. The molecule has 1 rings (SSSR count). The molecule has 0 aromatic carbocycles. The molecule has 0 saturated carbocycles. The Morgan fingerprint density at radius 2 is 1.88 bits per heavy atom. The lowest BCUT2D eigenvalue weighted by Gasteiger charge is -2.31. The van der Waals surface area contributed by atoms with Gasteiger partial charge in [-0.05, 0) is 37.3 Å². The Balaban J connectivity index is 2.02. The number of likely N-dealkylation sites (tertiary alicyclic amines) is 1. The highest BCUT2D eigenvalue weighted by molar-refractivity contribution is 4.72. The van der Waals surface area contributed by atoms with Crippen LogP contribution in [-0.4, -0.2) is 49.3 Å². The van der Waals surface area contributed by atoms with E-state index in [4.69, 9.17) is 5.11 Å². The van der Waals surface area contributed by atoms with Gasteiger partial charge in [-0.2, -0.15) is 0 Å². The van der Waals surface area contributed by atoms with Crippen LogP contribution in [-0.2, 0) is 0 Å². The number of piperidine rings is 1. The first-order valence-corrected chi connectivity index (χ1v) is 6.55. The van der Waals surface area contributed by atoms with E-state index in [0.717, 1.165) is 45.6 Å². The van der Waals surface area contributed by atoms with Gasteiger partial charge >= 0.3 is 0 Å². The first-order chi connectivity index (χ1) is 7.51. The first-order valence-electron chi connectivity index (χ1n) is 6.55. The molecule has 0 unspecified atom stereocenters. The van der Waals surface area contributed by atoms with Crippen molar-refractivity contribution < 1.29 is 5.11 Å². The summed E-state index contributed by atoms with van der Waals surface area (Å²) in [4.78, 5) is 2.50. The molecule has 2 N–H and O–H groups in total. The van der Waals surface area contributed by atoms with Gasteiger partial charge in [-0.1, -0.05) is 20.8 Å². The molecule has 1 aliphatic rings. The smallest absolute Gasteiger partial charge is 0.0460 e. The fourth-order valence-electron chi connectivity index (χ4n) is 2.09. The molecule has 0 atom stereocenters. The molecule has 3 nitrogen and oxygen atoms in total. The average Bonchev–Trinajstić information content (AvgIpc) is 2.24. The van der Waals surface area contributed by atoms with E-state index in [2.05, 4.69) is 31.0 Å². The summed E-state index contributed by atoms with van der Waals surface area (Å²) in [6.45, 7) is 12.8. The van der Waals surface area contributed by atoms with Crippen LogP contribution >= 0.6 is 0 Å². The Bertz CT molecular complexity index is 181. The monoisotopic (exact) mass is 228 g/mol. The fourth-order valence-corrected chi connectivity index (χ4v) is 2.09. The van der Waals surface area contributed by atoms with E-state index in [9.17, 15) is 0 Å². The van der Waals surface area contributed by atoms with Crippen LogP contribution in [0.5, 0.6) is 0 Å². The van der Waals surface area contributed by atoms with Crippen molar-refractivity contribution in [1.82, 2.24) is 10.2 Å². The molecule has 96 valence electrons. The second-order valence-electron chi connectivity index (χ2n) is 6.21. The molecular weight excluding hydrogens is 200 g/mol. The molecule has 0 aromatic heterocycles. The summed E-state index contributed by atoms with van der Waals surface area (Å²) in [7, 11) is 0. The SMILES string of the molecule is CC(C)(C)CNCCN1CCC(CO)CC1. The minimum absolute atomic E-state index is 0.371. The number of hydrogen-bond donors (Lipinski definition) is 2. The van der Waals surface area contributed by atoms with Crippen LogP contribution in [0.15, 0.2) is 0 Å². The maximum absolute atomic E-state index is 9.05. The van der Waals surface area contributed by atoms with E-state index in [1.54, 1.807) is 0 Å². The average molecular weight is 228 g/mol. The fraction of sp³-hybridized carbons (Fsp3) is 1.00. The summed E-state index contributed by atoms with van der Waals surface area (Å²) in [5, 5.41) is 12.6. The summed E-state index contributed by atoms with van der Waals surface area (Å²) in [6, 6.07) is 0. The van der Waals surface area contributed by atoms with Gasteiger partial charge in [0.2, 0.25) is 0 Å². The zero-order chi connectivity index (χ0) is 12.0. The largest absolute Gasteiger partial charge is 0.396 e. The number of nitrogens with zero attached hydrogens (tertiary/aromatic N) is 1. The molecule has 1 aliphatic heterocycles. The molecule has 3 heteroatoms. The van der Waals surface area contributed by atoms with Crippen molar-refractivity contribution in [1.29, 1.82) is 0 Å². The van der Waals surface area contributed by atoms with Gasteiger partial charge in [0.15, 0.2) is 0 Å². The maximum Gasteiger partial charge on any atom is 0.0460 e. The van der Waals surface area contributed by atoms with Crippen molar-refractivity contribution in [2.45, 2.75) is 33.6 Å². The molecule has 16 heavy (non-hydrogen) atoms. The van der Waals surface area contributed by atoms with Gasteiger partial charge in [0, 0.05) is 26.2 Å². The van der Waals surface area contributed by atoms with E-state index >= 15 is 0 Å². The van der Waals surface area contributed by atoms with Crippen molar-refractivity contribution >= 4 is 0 Å². The lowest BCUT2D eigenvalue weighted by Crippen LogP contribution is -2.40. The predicted octanol–water partition coefficient (Wildman–Crippen LogP) is 1.33. The number of rotatable bonds is 5. The Labute approximate surface area is 100 Å². The highest BCUT2D eigenvalue weighted by Crippen LogP contribution is 2.15. The third-order valence-corrected chi connectivity index (χ3v) is 3.23. The zero-order valence-corrected chi connectivity index (χ0v) is 11.1. The Hall–Kier alpha value is -0.120. The molecular formula is C13H28N2O. The molecule has 0 bridgehead atoms. The molecule has 0 spiro atoms. The van der Waals surface area contributed by atoms with Crippen molar-refractivity contribution in [2.24, 2.45) is 11.3 Å². The number of aliphatic hydroxyl groups is 1. The predicted molar refractivity (Wildman–Crippen MR) is 68.6 cm³/mol. The van der Waals surface area contributed by atoms with Crippen molar-refractivity contribution in [3.05, 3.63) is 0 Å². The van der Waals surface area contributed by atoms with E-state index in [1.165, 1.54) is 0 Å². The van der Waals surface area contributed by atoms with Gasteiger partial charge in [-0.15, -0.1) is 0 Å². The van der Waals surface area contributed by atoms with Gasteiger partial charge in [0.25, 0.3) is 0 Å². The van der Waals surface area contributed by atoms with Gasteiger partial charge < -0.3 is 15.3 Å². The lowest BCUT2D eigenvalue weighted by molar-refractivity contribution is 0.131. The van der Waals surface area contributed by atoms with Crippen LogP contribution < -0.4 is 5.32 Å². The number of nitrogens with one attached hydrogen (secondary N) is 1. The van der Waals surface area contributed by atoms with Crippen LogP contribution in [0.1, 0.15) is 33.6 Å². The summed E-state index contributed by atoms with van der Waals surface area (Å²) >= 11 is 0. The molecule has 0 aromatic rings. The topological polar surface area (TPSA) is 35.5 Å². The van der Waals surface area contributed by atoms with E-state index in [0.29, 0.717) is 17.9 Å². The van der Waals surface area contributed by atoms with Crippen LogP contribution in [0.3, 0.4) is 0 Å². The van der Waals surface area contributed by atoms with Gasteiger partial charge in [0.05, 0.1) is 0 Å². The minimum Gasteiger partial charge on any atom is -0.396 e.